The average molecular weight is 309 g/mol. The number of nitrogens with zero attached hydrogens (tertiary/aromatic N) is 4. The highest BCUT2D eigenvalue weighted by Gasteiger charge is 2.17. The molecule has 0 atom stereocenters. The zero-order valence-corrected chi connectivity index (χ0v) is 13.0. The Morgan fingerprint density at radius 1 is 1.05 bits per heavy atom. The van der Waals surface area contributed by atoms with Gasteiger partial charge in [0.25, 0.3) is 0 Å². The molecule has 3 heterocycles. The normalized spacial score (nSPS) is 11.4. The van der Waals surface area contributed by atoms with Crippen molar-refractivity contribution < 1.29 is 0 Å². The van der Waals surface area contributed by atoms with Gasteiger partial charge in [-0.15, -0.1) is 0 Å². The van der Waals surface area contributed by atoms with Gasteiger partial charge in [0.2, 0.25) is 0 Å². The van der Waals surface area contributed by atoms with Crippen LogP contribution in [0.4, 0.5) is 0 Å². The summed E-state index contributed by atoms with van der Waals surface area (Å²) in [4.78, 5) is 9.19. The van der Waals surface area contributed by atoms with E-state index in [0.29, 0.717) is 5.02 Å². The van der Waals surface area contributed by atoms with E-state index < -0.39 is 0 Å². The highest BCUT2D eigenvalue weighted by Crippen LogP contribution is 2.33. The molecule has 0 aliphatic heterocycles. The number of fused-ring (bicyclic) bond motifs is 2. The second-order valence-corrected chi connectivity index (χ2v) is 5.66. The first kappa shape index (κ1) is 13.2. The first-order valence-electron chi connectivity index (χ1n) is 7.02. The fourth-order valence-corrected chi connectivity index (χ4v) is 3.11. The molecule has 3 aromatic heterocycles. The number of aryl methyl sites for hydroxylation is 2. The van der Waals surface area contributed by atoms with Gasteiger partial charge in [-0.1, -0.05) is 35.9 Å². The summed E-state index contributed by atoms with van der Waals surface area (Å²) in [5.41, 5.74) is 3.49. The van der Waals surface area contributed by atoms with Crippen molar-refractivity contribution in [3.63, 3.8) is 0 Å². The van der Waals surface area contributed by atoms with Crippen LogP contribution < -0.4 is 0 Å². The van der Waals surface area contributed by atoms with Gasteiger partial charge in [0.15, 0.2) is 11.5 Å². The van der Waals surface area contributed by atoms with Crippen molar-refractivity contribution in [3.05, 3.63) is 58.9 Å². The highest BCUT2D eigenvalue weighted by molar-refractivity contribution is 6.40. The van der Waals surface area contributed by atoms with Gasteiger partial charge in [-0.3, -0.25) is 0 Å². The summed E-state index contributed by atoms with van der Waals surface area (Å²) in [5.74, 6) is 0.777. The van der Waals surface area contributed by atoms with Crippen molar-refractivity contribution in [2.45, 2.75) is 13.8 Å². The van der Waals surface area contributed by atoms with E-state index in [1.54, 1.807) is 10.9 Å². The Balaban J connectivity index is 2.16. The Bertz CT molecular complexity index is 1020. The van der Waals surface area contributed by atoms with Crippen molar-refractivity contribution in [1.29, 1.82) is 0 Å². The summed E-state index contributed by atoms with van der Waals surface area (Å²) < 4.78 is 1.78. The average Bonchev–Trinajstić information content (AvgIpc) is 2.85. The van der Waals surface area contributed by atoms with Gasteiger partial charge in [-0.25, -0.2) is 9.97 Å². The largest absolute Gasteiger partial charge is 0.237 e. The number of benzene rings is 1. The third kappa shape index (κ3) is 1.81. The van der Waals surface area contributed by atoms with Crippen LogP contribution in [-0.4, -0.2) is 19.7 Å². The van der Waals surface area contributed by atoms with Gasteiger partial charge in [0.1, 0.15) is 0 Å². The van der Waals surface area contributed by atoms with Crippen LogP contribution >= 0.6 is 11.6 Å². The summed E-state index contributed by atoms with van der Waals surface area (Å²) in [6.07, 6.45) is 1.76. The lowest BCUT2D eigenvalue weighted by molar-refractivity contribution is 0.840. The Hall–Kier alpha value is -2.46. The number of hydrogen-bond donors (Lipinski definition) is 0. The van der Waals surface area contributed by atoms with Crippen molar-refractivity contribution in [1.82, 2.24) is 19.7 Å². The second kappa shape index (κ2) is 4.78. The van der Waals surface area contributed by atoms with Crippen LogP contribution in [-0.2, 0) is 0 Å². The van der Waals surface area contributed by atoms with Crippen molar-refractivity contribution in [3.8, 4) is 5.82 Å². The van der Waals surface area contributed by atoms with E-state index in [1.807, 2.05) is 50.2 Å². The molecule has 0 saturated carbocycles. The Kier molecular flexibility index (Phi) is 2.87. The number of aromatic nitrogens is 4. The Labute approximate surface area is 132 Å². The maximum absolute atomic E-state index is 6.61. The fraction of sp³-hybridized carbons (Fsp3) is 0.118. The number of rotatable bonds is 1. The van der Waals surface area contributed by atoms with Gasteiger partial charge < -0.3 is 0 Å². The molecule has 4 aromatic rings. The lowest BCUT2D eigenvalue weighted by atomic mass is 10.1. The van der Waals surface area contributed by atoms with E-state index in [2.05, 4.69) is 10.1 Å². The molecular formula is C17H13ClN4. The highest BCUT2D eigenvalue weighted by atomic mass is 35.5. The standard InChI is InChI=1S/C17H13ClN4/c1-10-6-5-9-19-16(10)22-17-14(11(2)21-22)15(18)12-7-3-4-8-13(12)20-17/h3-9H,1-2H3. The molecule has 0 bridgehead atoms. The number of hydrogen-bond acceptors (Lipinski definition) is 3. The minimum absolute atomic E-state index is 0.693. The summed E-state index contributed by atoms with van der Waals surface area (Å²) in [7, 11) is 0. The third-order valence-electron chi connectivity index (χ3n) is 3.80. The van der Waals surface area contributed by atoms with Crippen LogP contribution in [0.2, 0.25) is 5.02 Å². The van der Waals surface area contributed by atoms with Crippen LogP contribution in [0.3, 0.4) is 0 Å². The Morgan fingerprint density at radius 3 is 2.68 bits per heavy atom. The van der Waals surface area contributed by atoms with Crippen molar-refractivity contribution in [2.24, 2.45) is 0 Å². The van der Waals surface area contributed by atoms with Gasteiger partial charge in [0, 0.05) is 11.6 Å². The zero-order valence-electron chi connectivity index (χ0n) is 12.2. The molecule has 0 spiro atoms. The second-order valence-electron chi connectivity index (χ2n) is 5.28. The molecule has 0 saturated heterocycles. The van der Waals surface area contributed by atoms with Crippen LogP contribution in [0.15, 0.2) is 42.6 Å². The predicted molar refractivity (Wildman–Crippen MR) is 88.7 cm³/mol. The predicted octanol–water partition coefficient (Wildman–Crippen LogP) is 4.24. The van der Waals surface area contributed by atoms with E-state index in [1.165, 1.54) is 0 Å². The number of halogens is 1. The molecule has 0 N–H and O–H groups in total. The topological polar surface area (TPSA) is 43.6 Å². The molecule has 4 rings (SSSR count). The number of pyridine rings is 2. The van der Waals surface area contributed by atoms with Gasteiger partial charge >= 0.3 is 0 Å². The molecule has 0 aliphatic rings. The Morgan fingerprint density at radius 2 is 1.86 bits per heavy atom. The molecular weight excluding hydrogens is 296 g/mol. The lowest BCUT2D eigenvalue weighted by Crippen LogP contribution is -2.03. The monoisotopic (exact) mass is 308 g/mol. The maximum atomic E-state index is 6.61. The molecule has 0 unspecified atom stereocenters. The lowest BCUT2D eigenvalue weighted by Gasteiger charge is -2.06. The molecule has 22 heavy (non-hydrogen) atoms. The van der Waals surface area contributed by atoms with E-state index in [4.69, 9.17) is 16.6 Å². The van der Waals surface area contributed by atoms with Gasteiger partial charge in [-0.05, 0) is 31.5 Å². The minimum atomic E-state index is 0.693. The first-order chi connectivity index (χ1) is 10.7. The van der Waals surface area contributed by atoms with Gasteiger partial charge in [-0.2, -0.15) is 9.78 Å². The first-order valence-corrected chi connectivity index (χ1v) is 7.40. The maximum Gasteiger partial charge on any atom is 0.167 e. The summed E-state index contributed by atoms with van der Waals surface area (Å²) in [5, 5.41) is 7.13. The van der Waals surface area contributed by atoms with Crippen molar-refractivity contribution >= 4 is 33.5 Å². The molecule has 0 radical (unpaired) electrons. The molecule has 1 aromatic carbocycles. The van der Waals surface area contributed by atoms with E-state index >= 15 is 0 Å². The van der Waals surface area contributed by atoms with E-state index in [0.717, 1.165) is 39.0 Å². The molecule has 4 nitrogen and oxygen atoms in total. The molecule has 0 aliphatic carbocycles. The summed E-state index contributed by atoms with van der Waals surface area (Å²) in [6, 6.07) is 11.8. The quantitative estimate of drug-likeness (QED) is 0.528. The number of para-hydroxylation sites is 1. The van der Waals surface area contributed by atoms with E-state index in [-0.39, 0.29) is 0 Å². The fourth-order valence-electron chi connectivity index (χ4n) is 2.73. The zero-order chi connectivity index (χ0) is 15.3. The summed E-state index contributed by atoms with van der Waals surface area (Å²) in [6.45, 7) is 3.95. The van der Waals surface area contributed by atoms with Gasteiger partial charge in [0.05, 0.1) is 21.6 Å². The molecule has 0 amide bonds. The van der Waals surface area contributed by atoms with Crippen LogP contribution in [0.1, 0.15) is 11.3 Å². The SMILES string of the molecule is Cc1cccnc1-n1nc(C)c2c(Cl)c3ccccc3nc21. The van der Waals surface area contributed by atoms with Crippen LogP contribution in [0.25, 0.3) is 27.8 Å². The van der Waals surface area contributed by atoms with Crippen molar-refractivity contribution in [2.75, 3.05) is 0 Å². The van der Waals surface area contributed by atoms with E-state index in [9.17, 15) is 0 Å². The smallest absolute Gasteiger partial charge is 0.167 e. The molecule has 108 valence electrons. The van der Waals surface area contributed by atoms with Crippen LogP contribution in [0, 0.1) is 13.8 Å². The molecule has 5 heteroatoms. The molecule has 0 fully saturated rings. The minimum Gasteiger partial charge on any atom is -0.237 e. The summed E-state index contributed by atoms with van der Waals surface area (Å²) >= 11 is 6.61. The third-order valence-corrected chi connectivity index (χ3v) is 4.20. The van der Waals surface area contributed by atoms with Crippen LogP contribution in [0.5, 0.6) is 0 Å².